The number of fused-ring (bicyclic) bond motifs is 2. The molecule has 0 saturated heterocycles. The average molecular weight is 552 g/mol. The fraction of sp³-hybridized carbons (Fsp3) is 0.100. The van der Waals surface area contributed by atoms with Crippen molar-refractivity contribution in [3.05, 3.63) is 80.9 Å². The molecule has 4 rings (SSSR count). The predicted molar refractivity (Wildman–Crippen MR) is 135 cm³/mol. The molecule has 4 N–H and O–H groups in total. The third-order valence-electron chi connectivity index (χ3n) is 3.95. The lowest BCUT2D eigenvalue weighted by atomic mass is 10.1. The zero-order valence-electron chi connectivity index (χ0n) is 20.0. The minimum absolute atomic E-state index is 0. The number of aliphatic hydroxyl groups excluding tert-OH is 1. The maximum absolute atomic E-state index is 11.4. The lowest BCUT2D eigenvalue weighted by molar-refractivity contribution is 0.0600. The van der Waals surface area contributed by atoms with Gasteiger partial charge in [0.1, 0.15) is 0 Å². The molecule has 0 unspecified atom stereocenters. The Morgan fingerprint density at radius 3 is 1.74 bits per heavy atom. The molecule has 2 aromatic carbocycles. The lowest BCUT2D eigenvalue weighted by Crippen LogP contribution is -2.08. The summed E-state index contributed by atoms with van der Waals surface area (Å²) in [5.41, 5.74) is 0.841. The summed E-state index contributed by atoms with van der Waals surface area (Å²) >= 11 is 0. The Balaban J connectivity index is 0. The van der Waals surface area contributed by atoms with Crippen molar-refractivity contribution in [1.29, 1.82) is 0 Å². The van der Waals surface area contributed by atoms with Gasteiger partial charge in [0.25, 0.3) is 11.1 Å². The van der Waals surface area contributed by atoms with Gasteiger partial charge < -0.3 is 24.9 Å². The van der Waals surface area contributed by atoms with E-state index in [1.54, 1.807) is 12.1 Å². The molecule has 12 nitrogen and oxygen atoms in total. The molecule has 2 heterocycles. The normalized spacial score (nSPS) is 9.89. The number of nitrogens with zero attached hydrogens (tertiary/aromatic N) is 2. The third-order valence-corrected chi connectivity index (χ3v) is 3.95. The number of carboxylic acids is 1. The van der Waals surface area contributed by atoms with Crippen LogP contribution < -0.4 is 11.1 Å². The Kier molecular flexibility index (Phi) is 11.5. The summed E-state index contributed by atoms with van der Waals surface area (Å²) in [6, 6.07) is 8.87. The van der Waals surface area contributed by atoms with Crippen LogP contribution in [0.2, 0.25) is 0 Å². The fourth-order valence-corrected chi connectivity index (χ4v) is 2.52. The molecule has 190 valence electrons. The number of ether oxygens (including phenoxy) is 1. The predicted octanol–water partition coefficient (Wildman–Crippen LogP) is 2.47. The molecular formula is C20H22Cl2N4O8S. The molecule has 0 radical (unpaired) electrons. The van der Waals surface area contributed by atoms with Gasteiger partial charge in [-0.15, -0.1) is 0 Å². The number of methoxy groups -OCH3 is 1. The summed E-state index contributed by atoms with van der Waals surface area (Å²) < 4.78 is 23.6. The Hall–Kier alpha value is -3.65. The quantitative estimate of drug-likeness (QED) is 0.212. The number of aliphatic hydroxyl groups is 1. The van der Waals surface area contributed by atoms with Crippen LogP contribution in [0.5, 0.6) is 0 Å². The van der Waals surface area contributed by atoms with Gasteiger partial charge in [0.15, 0.2) is 0 Å². The van der Waals surface area contributed by atoms with Gasteiger partial charge in [-0.1, -0.05) is 0 Å². The van der Waals surface area contributed by atoms with Crippen molar-refractivity contribution in [2.45, 2.75) is 0 Å². The fourth-order valence-electron chi connectivity index (χ4n) is 2.52. The van der Waals surface area contributed by atoms with Crippen LogP contribution in [-0.4, -0.2) is 60.5 Å². The number of esters is 1. The van der Waals surface area contributed by atoms with Crippen molar-refractivity contribution in [1.82, 2.24) is 19.9 Å². The van der Waals surface area contributed by atoms with Crippen LogP contribution in [0.1, 0.15) is 25.1 Å². The average Bonchev–Trinajstić information content (AvgIpc) is 2.90. The van der Waals surface area contributed by atoms with E-state index < -0.39 is 21.2 Å². The molecule has 35 heavy (non-hydrogen) atoms. The second-order valence-corrected chi connectivity index (χ2v) is 8.43. The van der Waals surface area contributed by atoms with Crippen LogP contribution in [0.3, 0.4) is 0 Å². The number of benzene rings is 2. The van der Waals surface area contributed by atoms with Crippen LogP contribution in [0.4, 0.5) is 0 Å². The van der Waals surface area contributed by atoms with E-state index in [0.717, 1.165) is 7.11 Å². The SMILES string of the molecule is CO.COC(=O)c1ccc2nc[nH]c(=O)c2c1.O=C(O)c1ccc2nc[nH]c(=O)c2c1.O=S(Cl)Cl.[2HH].[2H][2H]. The Bertz CT molecular complexity index is 1470. The van der Waals surface area contributed by atoms with E-state index in [2.05, 4.69) is 46.0 Å². The van der Waals surface area contributed by atoms with Crippen LogP contribution in [0.25, 0.3) is 21.8 Å². The molecule has 0 aliphatic rings. The summed E-state index contributed by atoms with van der Waals surface area (Å²) in [5, 5.41) is 16.4. The van der Waals surface area contributed by atoms with Gasteiger partial charge >= 0.3 is 11.9 Å². The number of carbonyl (C=O) groups excluding carboxylic acids is 1. The minimum atomic E-state index is -1.67. The minimum Gasteiger partial charge on any atom is -0.478 e. The van der Waals surface area contributed by atoms with Gasteiger partial charge in [-0.05, 0) is 36.4 Å². The number of aromatic carboxylic acids is 1. The van der Waals surface area contributed by atoms with E-state index in [1.807, 2.05) is 0 Å². The Morgan fingerprint density at radius 2 is 1.34 bits per heavy atom. The molecule has 0 aliphatic heterocycles. The molecule has 0 saturated carbocycles. The van der Waals surface area contributed by atoms with Crippen LogP contribution >= 0.6 is 21.4 Å². The maximum Gasteiger partial charge on any atom is 0.337 e. The van der Waals surface area contributed by atoms with E-state index in [4.69, 9.17) is 17.4 Å². The first-order chi connectivity index (χ1) is 17.6. The maximum atomic E-state index is 11.4. The van der Waals surface area contributed by atoms with E-state index in [9.17, 15) is 19.2 Å². The molecule has 0 fully saturated rings. The van der Waals surface area contributed by atoms with Crippen molar-refractivity contribution < 1.29 is 33.1 Å². The number of aromatic amines is 2. The number of nitrogens with one attached hydrogen (secondary N) is 2. The molecule has 2 aromatic heterocycles. The highest BCUT2D eigenvalue weighted by molar-refractivity contribution is 8.26. The molecule has 0 atom stereocenters. The molecule has 15 heteroatoms. The van der Waals surface area contributed by atoms with E-state index in [0.29, 0.717) is 22.0 Å². The van der Waals surface area contributed by atoms with Gasteiger partial charge in [0.2, 0.25) is 9.23 Å². The number of aromatic nitrogens is 4. The Morgan fingerprint density at radius 1 is 0.943 bits per heavy atom. The molecule has 0 bridgehead atoms. The number of hydrogen-bond acceptors (Lipinski definition) is 9. The summed E-state index contributed by atoms with van der Waals surface area (Å²) in [6.45, 7) is 0. The van der Waals surface area contributed by atoms with E-state index in [-0.39, 0.29) is 23.5 Å². The van der Waals surface area contributed by atoms with Gasteiger partial charge in [-0.25, -0.2) is 23.8 Å². The Labute approximate surface area is 212 Å². The van der Waals surface area contributed by atoms with Gasteiger partial charge in [-0.2, -0.15) is 0 Å². The van der Waals surface area contributed by atoms with Crippen LogP contribution in [0.15, 0.2) is 58.6 Å². The smallest absolute Gasteiger partial charge is 0.337 e. The van der Waals surface area contributed by atoms with Crippen LogP contribution in [0, 0.1) is 0 Å². The molecule has 0 spiro atoms. The molecule has 0 amide bonds. The highest BCUT2D eigenvalue weighted by atomic mass is 36.0. The van der Waals surface area contributed by atoms with Crippen LogP contribution in [-0.2, 0) is 14.0 Å². The first-order valence-corrected chi connectivity index (χ1v) is 11.9. The molecule has 4 aromatic rings. The van der Waals surface area contributed by atoms with E-state index >= 15 is 0 Å². The largest absolute Gasteiger partial charge is 0.478 e. The van der Waals surface area contributed by atoms with Gasteiger partial charge in [0, 0.05) is 32.9 Å². The standard InChI is InChI=1S/C10H8N2O3.C9H6N2O3.CH4O.Cl2OS.2H2/c1-15-10(14)6-2-3-8-7(4-6)9(13)12-5-11-8;12-8-6-3-5(9(13)14)1-2-7(6)10-4-11-8;1-2;1-4(2)3;;/h2-5H,1H3,(H,11,12,13);1-4H,(H,13,14)(H,10,11,12);2H,1H3;;2*1H/i;;;;1+1D;1+1. The number of carboxylic acid groups (broad SMARTS) is 1. The van der Waals surface area contributed by atoms with Gasteiger partial charge in [0.05, 0.1) is 52.7 Å². The van der Waals surface area contributed by atoms with Crippen molar-refractivity contribution >= 4 is 64.3 Å². The second kappa shape index (κ2) is 14.6. The number of carbonyl (C=O) groups is 2. The summed E-state index contributed by atoms with van der Waals surface area (Å²) in [7, 11) is 9.65. The third kappa shape index (κ3) is 8.90. The number of H-pyrrole nitrogens is 2. The van der Waals surface area contributed by atoms with Gasteiger partial charge in [-0.3, -0.25) is 9.59 Å². The first-order valence-electron chi connectivity index (χ1n) is 10.1. The van der Waals surface area contributed by atoms with Crippen molar-refractivity contribution in [2.75, 3.05) is 14.2 Å². The highest BCUT2D eigenvalue weighted by Gasteiger charge is 2.08. The van der Waals surface area contributed by atoms with Crippen molar-refractivity contribution in [2.24, 2.45) is 0 Å². The number of hydrogen-bond donors (Lipinski definition) is 4. The summed E-state index contributed by atoms with van der Waals surface area (Å²) in [5.74, 6) is -1.53. The molecule has 0 aliphatic carbocycles. The summed E-state index contributed by atoms with van der Waals surface area (Å²) in [6.07, 6.45) is 2.60. The van der Waals surface area contributed by atoms with E-state index in [1.165, 1.54) is 44.0 Å². The van der Waals surface area contributed by atoms with Crippen molar-refractivity contribution in [3.8, 4) is 0 Å². The monoisotopic (exact) mass is 551 g/mol. The summed E-state index contributed by atoms with van der Waals surface area (Å²) in [4.78, 5) is 57.2. The number of halogens is 2. The first kappa shape index (κ1) is 27.6. The number of rotatable bonds is 2. The topological polar surface area (TPSA) is 192 Å². The zero-order chi connectivity index (χ0) is 28.5. The highest BCUT2D eigenvalue weighted by Crippen LogP contribution is 2.10. The second-order valence-electron chi connectivity index (χ2n) is 5.91. The van der Waals surface area contributed by atoms with Crippen molar-refractivity contribution in [3.63, 3.8) is 0 Å². The zero-order valence-corrected chi connectivity index (χ0v) is 20.3. The molecular weight excluding hydrogens is 527 g/mol. The lowest BCUT2D eigenvalue weighted by Gasteiger charge is -2.00.